The highest BCUT2D eigenvalue weighted by atomic mass is 32.2. The summed E-state index contributed by atoms with van der Waals surface area (Å²) in [6.45, 7) is 0.204. The maximum Gasteiger partial charge on any atom is 0.362 e. The van der Waals surface area contributed by atoms with Crippen LogP contribution < -0.4 is 5.73 Å². The van der Waals surface area contributed by atoms with E-state index in [1.165, 1.54) is 17.0 Å². The van der Waals surface area contributed by atoms with Gasteiger partial charge in [-0.2, -0.15) is 8.42 Å². The zero-order valence-corrected chi connectivity index (χ0v) is 13.4. The number of aromatic hydroxyl groups is 1. The molecule has 0 aliphatic carbocycles. The molecule has 0 radical (unpaired) electrons. The van der Waals surface area contributed by atoms with Crippen molar-refractivity contribution < 1.29 is 27.7 Å². The van der Waals surface area contributed by atoms with Crippen LogP contribution in [0.4, 0.5) is 0 Å². The Bertz CT molecular complexity index is 778. The number of fused-ring (bicyclic) bond motifs is 1. The number of rotatable bonds is 4. The monoisotopic (exact) mass is 355 g/mol. The third-order valence-corrected chi connectivity index (χ3v) is 5.33. The summed E-state index contributed by atoms with van der Waals surface area (Å²) >= 11 is 0. The summed E-state index contributed by atoms with van der Waals surface area (Å²) < 4.78 is 31.8. The van der Waals surface area contributed by atoms with E-state index >= 15 is 0 Å². The number of phenolic OH excluding ortho intramolecular Hbond substituents is 1. The Morgan fingerprint density at radius 2 is 1.96 bits per heavy atom. The van der Waals surface area contributed by atoms with Crippen LogP contribution in [0.5, 0.6) is 5.75 Å². The minimum Gasteiger partial charge on any atom is -0.508 e. The first-order valence-electron chi connectivity index (χ1n) is 7.35. The second-order valence-corrected chi connectivity index (χ2v) is 7.21. The van der Waals surface area contributed by atoms with Crippen molar-refractivity contribution in [2.45, 2.75) is 31.0 Å². The molecule has 0 spiro atoms. The quantitative estimate of drug-likeness (QED) is 0.459. The van der Waals surface area contributed by atoms with Gasteiger partial charge in [0.15, 0.2) is 0 Å². The molecule has 0 aromatic heterocycles. The highest BCUT2D eigenvalue weighted by Gasteiger charge is 2.60. The molecule has 10 heteroatoms. The largest absolute Gasteiger partial charge is 0.508 e. The van der Waals surface area contributed by atoms with Gasteiger partial charge in [0.25, 0.3) is 5.91 Å². The van der Waals surface area contributed by atoms with Gasteiger partial charge in [-0.15, -0.1) is 0 Å². The van der Waals surface area contributed by atoms with E-state index < -0.39 is 40.2 Å². The summed E-state index contributed by atoms with van der Waals surface area (Å²) in [4.78, 5) is 25.7. The first kappa shape index (κ1) is 16.7. The lowest BCUT2D eigenvalue weighted by atomic mass is 9.99. The summed E-state index contributed by atoms with van der Waals surface area (Å²) in [6.07, 6.45) is 0.497. The van der Waals surface area contributed by atoms with E-state index in [9.17, 15) is 23.1 Å². The van der Waals surface area contributed by atoms with Crippen molar-refractivity contribution in [3.05, 3.63) is 29.8 Å². The predicted molar refractivity (Wildman–Crippen MR) is 82.1 cm³/mol. The highest BCUT2D eigenvalue weighted by Crippen LogP contribution is 2.35. The van der Waals surface area contributed by atoms with E-state index in [0.29, 0.717) is 4.31 Å². The maximum absolute atomic E-state index is 12.5. The minimum absolute atomic E-state index is 0.103. The SMILES string of the molecule is N[C@H](Cc1ccc(O)cc1)C(=O)N1CC[C@@H]2[C@H]1C(=O)N2S(=O)(=O)O. The number of likely N-dealkylation sites (tertiary alicyclic amines) is 1. The van der Waals surface area contributed by atoms with Crippen molar-refractivity contribution in [2.75, 3.05) is 6.54 Å². The van der Waals surface area contributed by atoms with Gasteiger partial charge in [0.2, 0.25) is 5.91 Å². The molecule has 2 heterocycles. The predicted octanol–water partition coefficient (Wildman–Crippen LogP) is -1.12. The van der Waals surface area contributed by atoms with Gasteiger partial charge < -0.3 is 15.7 Å². The van der Waals surface area contributed by atoms with Crippen molar-refractivity contribution >= 4 is 22.1 Å². The Kier molecular flexibility index (Phi) is 3.98. The number of amides is 2. The smallest absolute Gasteiger partial charge is 0.362 e. The molecule has 0 saturated carbocycles. The van der Waals surface area contributed by atoms with Gasteiger partial charge in [-0.3, -0.25) is 14.1 Å². The van der Waals surface area contributed by atoms with Crippen molar-refractivity contribution in [3.63, 3.8) is 0 Å². The Morgan fingerprint density at radius 1 is 1.33 bits per heavy atom. The molecule has 0 bridgehead atoms. The zero-order valence-electron chi connectivity index (χ0n) is 12.6. The average molecular weight is 355 g/mol. The van der Waals surface area contributed by atoms with Gasteiger partial charge in [0.1, 0.15) is 11.8 Å². The second kappa shape index (κ2) is 5.72. The Morgan fingerprint density at radius 3 is 2.54 bits per heavy atom. The second-order valence-electron chi connectivity index (χ2n) is 5.92. The minimum atomic E-state index is -4.60. The molecule has 24 heavy (non-hydrogen) atoms. The van der Waals surface area contributed by atoms with Crippen LogP contribution in [0.15, 0.2) is 24.3 Å². The number of phenols is 1. The molecular formula is C14H17N3O6S. The molecule has 2 amide bonds. The first-order chi connectivity index (χ1) is 11.2. The van der Waals surface area contributed by atoms with Gasteiger partial charge in [0.05, 0.1) is 12.1 Å². The highest BCUT2D eigenvalue weighted by molar-refractivity contribution is 7.84. The van der Waals surface area contributed by atoms with Crippen LogP contribution in [-0.4, -0.2) is 63.8 Å². The Balaban J connectivity index is 1.68. The molecule has 9 nitrogen and oxygen atoms in total. The van der Waals surface area contributed by atoms with Crippen molar-refractivity contribution in [1.82, 2.24) is 9.21 Å². The number of benzene rings is 1. The standard InChI is InChI=1S/C14H17N3O6S/c15-10(7-8-1-3-9(18)4-2-8)13(19)16-6-5-11-12(16)14(20)17(11)24(21,22)23/h1-4,10-12,18H,5-7,15H2,(H,21,22,23)/t10-,11-,12+/m1/s1. The lowest BCUT2D eigenvalue weighted by Gasteiger charge is -2.42. The number of nitrogens with two attached hydrogens (primary N) is 1. The Labute approximate surface area is 138 Å². The van der Waals surface area contributed by atoms with Crippen LogP contribution >= 0.6 is 0 Å². The number of carbonyl (C=O) groups is 2. The number of β-lactam (4-membered cyclic amide) rings is 1. The molecule has 2 fully saturated rings. The van der Waals surface area contributed by atoms with E-state index in [1.807, 2.05) is 0 Å². The molecule has 1 aromatic rings. The first-order valence-corrected chi connectivity index (χ1v) is 8.74. The third-order valence-electron chi connectivity index (χ3n) is 4.38. The maximum atomic E-state index is 12.5. The molecule has 2 aliphatic rings. The summed E-state index contributed by atoms with van der Waals surface area (Å²) in [5.74, 6) is -1.16. The normalized spacial score (nSPS) is 24.5. The fourth-order valence-corrected chi connectivity index (χ4v) is 4.15. The van der Waals surface area contributed by atoms with Crippen LogP contribution in [0.1, 0.15) is 12.0 Å². The summed E-state index contributed by atoms with van der Waals surface area (Å²) in [6, 6.07) is 3.76. The van der Waals surface area contributed by atoms with Crippen molar-refractivity contribution in [3.8, 4) is 5.75 Å². The van der Waals surface area contributed by atoms with E-state index in [0.717, 1.165) is 5.56 Å². The molecule has 2 saturated heterocycles. The zero-order chi connectivity index (χ0) is 17.6. The number of hydrogen-bond donors (Lipinski definition) is 3. The summed E-state index contributed by atoms with van der Waals surface area (Å²) in [5.41, 5.74) is 6.67. The van der Waals surface area contributed by atoms with Crippen LogP contribution in [0.25, 0.3) is 0 Å². The molecule has 130 valence electrons. The molecule has 4 N–H and O–H groups in total. The van der Waals surface area contributed by atoms with E-state index in [2.05, 4.69) is 0 Å². The van der Waals surface area contributed by atoms with E-state index in [4.69, 9.17) is 10.3 Å². The van der Waals surface area contributed by atoms with E-state index in [1.54, 1.807) is 12.1 Å². The van der Waals surface area contributed by atoms with Gasteiger partial charge >= 0.3 is 10.3 Å². The fraction of sp³-hybridized carbons (Fsp3) is 0.429. The third kappa shape index (κ3) is 2.72. The summed E-state index contributed by atoms with van der Waals surface area (Å²) in [7, 11) is -4.60. The lowest BCUT2D eigenvalue weighted by Crippen LogP contribution is -2.69. The lowest BCUT2D eigenvalue weighted by molar-refractivity contribution is -0.152. The number of hydrogen-bond acceptors (Lipinski definition) is 6. The molecule has 2 aliphatic heterocycles. The molecule has 0 unspecified atom stereocenters. The topological polar surface area (TPSA) is 141 Å². The number of nitrogens with zero attached hydrogens (tertiary/aromatic N) is 2. The van der Waals surface area contributed by atoms with Crippen LogP contribution in [0.2, 0.25) is 0 Å². The Hall–Kier alpha value is -2.17. The number of carbonyl (C=O) groups excluding carboxylic acids is 2. The van der Waals surface area contributed by atoms with Crippen LogP contribution in [-0.2, 0) is 26.3 Å². The van der Waals surface area contributed by atoms with Crippen LogP contribution in [0.3, 0.4) is 0 Å². The molecule has 1 aromatic carbocycles. The van der Waals surface area contributed by atoms with Gasteiger partial charge in [-0.05, 0) is 30.5 Å². The average Bonchev–Trinajstić information content (AvgIpc) is 2.85. The van der Waals surface area contributed by atoms with E-state index in [-0.39, 0.29) is 25.1 Å². The van der Waals surface area contributed by atoms with Gasteiger partial charge in [-0.1, -0.05) is 12.1 Å². The van der Waals surface area contributed by atoms with Gasteiger partial charge in [-0.25, -0.2) is 4.31 Å². The summed E-state index contributed by atoms with van der Waals surface area (Å²) in [5, 5.41) is 9.25. The van der Waals surface area contributed by atoms with Crippen molar-refractivity contribution in [1.29, 1.82) is 0 Å². The molecule has 3 rings (SSSR count). The van der Waals surface area contributed by atoms with Crippen LogP contribution in [0, 0.1) is 0 Å². The fourth-order valence-electron chi connectivity index (χ4n) is 3.25. The molecule has 3 atom stereocenters. The van der Waals surface area contributed by atoms with Gasteiger partial charge in [0, 0.05) is 6.54 Å². The van der Waals surface area contributed by atoms with Crippen molar-refractivity contribution in [2.24, 2.45) is 5.73 Å². The molecular weight excluding hydrogens is 338 g/mol.